The molecule has 0 amide bonds. The number of esters is 1. The average Bonchev–Trinajstić information content (AvgIpc) is 2.76. The Morgan fingerprint density at radius 2 is 2.26 bits per heavy atom. The Balaban J connectivity index is 2.13. The number of rotatable bonds is 6. The number of aromatic nitrogens is 2. The SMILES string of the molecule is CCOC(=O)C1(c2nc(CC(C)OC)no2)CCC1. The molecule has 106 valence electrons. The number of carbonyl (C=O) groups is 1. The van der Waals surface area contributed by atoms with Crippen molar-refractivity contribution in [3.05, 3.63) is 11.7 Å². The highest BCUT2D eigenvalue weighted by Gasteiger charge is 2.51. The fraction of sp³-hybridized carbons (Fsp3) is 0.769. The Morgan fingerprint density at radius 1 is 1.53 bits per heavy atom. The van der Waals surface area contributed by atoms with Gasteiger partial charge in [0, 0.05) is 13.5 Å². The molecule has 1 heterocycles. The van der Waals surface area contributed by atoms with Crippen molar-refractivity contribution in [3.63, 3.8) is 0 Å². The Hall–Kier alpha value is -1.43. The van der Waals surface area contributed by atoms with Gasteiger partial charge in [0.05, 0.1) is 12.7 Å². The van der Waals surface area contributed by atoms with Gasteiger partial charge in [-0.15, -0.1) is 0 Å². The van der Waals surface area contributed by atoms with Crippen LogP contribution in [0.4, 0.5) is 0 Å². The minimum Gasteiger partial charge on any atom is -0.465 e. The summed E-state index contributed by atoms with van der Waals surface area (Å²) in [6, 6.07) is 0. The van der Waals surface area contributed by atoms with Crippen molar-refractivity contribution in [1.29, 1.82) is 0 Å². The Labute approximate surface area is 112 Å². The van der Waals surface area contributed by atoms with Crippen LogP contribution in [0.25, 0.3) is 0 Å². The Morgan fingerprint density at radius 3 is 2.79 bits per heavy atom. The second-order valence-electron chi connectivity index (χ2n) is 4.92. The molecule has 0 aliphatic heterocycles. The molecule has 0 spiro atoms. The molecule has 2 rings (SSSR count). The first kappa shape index (κ1) is 14.0. The second kappa shape index (κ2) is 5.69. The molecular formula is C13H20N2O4. The van der Waals surface area contributed by atoms with E-state index >= 15 is 0 Å². The molecule has 1 atom stereocenters. The number of hydrogen-bond donors (Lipinski definition) is 0. The fourth-order valence-corrected chi connectivity index (χ4v) is 2.18. The van der Waals surface area contributed by atoms with Crippen LogP contribution in [-0.4, -0.2) is 35.9 Å². The van der Waals surface area contributed by atoms with Gasteiger partial charge in [-0.3, -0.25) is 4.79 Å². The molecule has 1 saturated carbocycles. The van der Waals surface area contributed by atoms with Gasteiger partial charge in [0.25, 0.3) is 0 Å². The first-order valence-corrected chi connectivity index (χ1v) is 6.65. The van der Waals surface area contributed by atoms with Crippen LogP contribution >= 0.6 is 0 Å². The predicted molar refractivity (Wildman–Crippen MR) is 66.6 cm³/mol. The molecule has 1 aliphatic rings. The van der Waals surface area contributed by atoms with Crippen LogP contribution in [-0.2, 0) is 26.1 Å². The molecule has 0 N–H and O–H groups in total. The van der Waals surface area contributed by atoms with Crippen LogP contribution in [0, 0.1) is 0 Å². The van der Waals surface area contributed by atoms with Crippen molar-refractivity contribution in [2.75, 3.05) is 13.7 Å². The van der Waals surface area contributed by atoms with Crippen molar-refractivity contribution < 1.29 is 18.8 Å². The maximum Gasteiger partial charge on any atom is 0.321 e. The zero-order valence-corrected chi connectivity index (χ0v) is 11.6. The minimum atomic E-state index is -0.711. The number of hydrogen-bond acceptors (Lipinski definition) is 6. The Kier molecular flexibility index (Phi) is 4.19. The van der Waals surface area contributed by atoms with E-state index in [-0.39, 0.29) is 12.1 Å². The number of methoxy groups -OCH3 is 1. The number of carbonyl (C=O) groups excluding carboxylic acids is 1. The summed E-state index contributed by atoms with van der Waals surface area (Å²) in [7, 11) is 1.64. The van der Waals surface area contributed by atoms with Crippen LogP contribution in [0.15, 0.2) is 4.52 Å². The van der Waals surface area contributed by atoms with Gasteiger partial charge in [0.1, 0.15) is 5.41 Å². The smallest absolute Gasteiger partial charge is 0.321 e. The van der Waals surface area contributed by atoms with E-state index < -0.39 is 5.41 Å². The van der Waals surface area contributed by atoms with Gasteiger partial charge in [-0.1, -0.05) is 11.6 Å². The Bertz CT molecular complexity index is 440. The molecule has 0 radical (unpaired) electrons. The zero-order chi connectivity index (χ0) is 13.9. The molecule has 6 nitrogen and oxygen atoms in total. The summed E-state index contributed by atoms with van der Waals surface area (Å²) in [6.07, 6.45) is 3.00. The van der Waals surface area contributed by atoms with Crippen LogP contribution in [0.2, 0.25) is 0 Å². The molecule has 1 fully saturated rings. The monoisotopic (exact) mass is 268 g/mol. The predicted octanol–water partition coefficient (Wildman–Crippen LogP) is 1.63. The summed E-state index contributed by atoms with van der Waals surface area (Å²) >= 11 is 0. The lowest BCUT2D eigenvalue weighted by molar-refractivity contribution is -0.155. The molecule has 1 aromatic rings. The summed E-state index contributed by atoms with van der Waals surface area (Å²) in [5.41, 5.74) is -0.711. The molecular weight excluding hydrogens is 248 g/mol. The summed E-state index contributed by atoms with van der Waals surface area (Å²) in [4.78, 5) is 16.4. The molecule has 19 heavy (non-hydrogen) atoms. The minimum absolute atomic E-state index is 0.0189. The quantitative estimate of drug-likeness (QED) is 0.730. The number of nitrogens with zero attached hydrogens (tertiary/aromatic N) is 2. The van der Waals surface area contributed by atoms with Crippen molar-refractivity contribution in [2.24, 2.45) is 0 Å². The van der Waals surface area contributed by atoms with Crippen LogP contribution < -0.4 is 0 Å². The average molecular weight is 268 g/mol. The lowest BCUT2D eigenvalue weighted by Gasteiger charge is -2.35. The normalized spacial score (nSPS) is 18.7. The highest BCUT2D eigenvalue weighted by atomic mass is 16.5. The molecule has 1 unspecified atom stereocenters. The first-order chi connectivity index (χ1) is 9.12. The van der Waals surface area contributed by atoms with Crippen molar-refractivity contribution in [1.82, 2.24) is 10.1 Å². The molecule has 1 aliphatic carbocycles. The lowest BCUT2D eigenvalue weighted by Crippen LogP contribution is -2.44. The van der Waals surface area contributed by atoms with E-state index in [1.807, 2.05) is 6.92 Å². The third kappa shape index (κ3) is 2.63. The zero-order valence-electron chi connectivity index (χ0n) is 11.6. The highest BCUT2D eigenvalue weighted by molar-refractivity contribution is 5.82. The highest BCUT2D eigenvalue weighted by Crippen LogP contribution is 2.44. The van der Waals surface area contributed by atoms with Crippen LogP contribution in [0.1, 0.15) is 44.8 Å². The maximum absolute atomic E-state index is 12.1. The van der Waals surface area contributed by atoms with E-state index in [1.54, 1.807) is 14.0 Å². The molecule has 0 aromatic carbocycles. The largest absolute Gasteiger partial charge is 0.465 e. The van der Waals surface area contributed by atoms with Gasteiger partial charge in [-0.05, 0) is 26.7 Å². The summed E-state index contributed by atoms with van der Waals surface area (Å²) < 4.78 is 15.6. The standard InChI is InChI=1S/C13H20N2O4/c1-4-18-12(16)13(6-5-7-13)11-14-10(15-19-11)8-9(2)17-3/h9H,4-8H2,1-3H3. The van der Waals surface area contributed by atoms with Crippen LogP contribution in [0.5, 0.6) is 0 Å². The van der Waals surface area contributed by atoms with Gasteiger partial charge >= 0.3 is 5.97 Å². The van der Waals surface area contributed by atoms with Gasteiger partial charge < -0.3 is 14.0 Å². The van der Waals surface area contributed by atoms with E-state index in [0.29, 0.717) is 37.6 Å². The van der Waals surface area contributed by atoms with E-state index in [2.05, 4.69) is 10.1 Å². The molecule has 0 saturated heterocycles. The van der Waals surface area contributed by atoms with Gasteiger partial charge in [-0.25, -0.2) is 0 Å². The lowest BCUT2D eigenvalue weighted by atomic mass is 9.68. The van der Waals surface area contributed by atoms with Crippen molar-refractivity contribution in [2.45, 2.75) is 51.0 Å². The van der Waals surface area contributed by atoms with Gasteiger partial charge in [-0.2, -0.15) is 4.98 Å². The third-order valence-electron chi connectivity index (χ3n) is 3.62. The topological polar surface area (TPSA) is 74.5 Å². The van der Waals surface area contributed by atoms with Gasteiger partial charge in [0.2, 0.25) is 5.89 Å². The maximum atomic E-state index is 12.1. The summed E-state index contributed by atoms with van der Waals surface area (Å²) in [6.45, 7) is 4.09. The molecule has 0 bridgehead atoms. The first-order valence-electron chi connectivity index (χ1n) is 6.65. The van der Waals surface area contributed by atoms with E-state index in [0.717, 1.165) is 6.42 Å². The third-order valence-corrected chi connectivity index (χ3v) is 3.62. The van der Waals surface area contributed by atoms with Crippen molar-refractivity contribution in [3.8, 4) is 0 Å². The summed E-state index contributed by atoms with van der Waals surface area (Å²) in [5.74, 6) is 0.701. The second-order valence-corrected chi connectivity index (χ2v) is 4.92. The van der Waals surface area contributed by atoms with E-state index in [9.17, 15) is 4.79 Å². The van der Waals surface area contributed by atoms with E-state index in [4.69, 9.17) is 14.0 Å². The number of ether oxygens (including phenoxy) is 2. The van der Waals surface area contributed by atoms with E-state index in [1.165, 1.54) is 0 Å². The fourth-order valence-electron chi connectivity index (χ4n) is 2.18. The molecule has 6 heteroatoms. The van der Waals surface area contributed by atoms with Crippen molar-refractivity contribution >= 4 is 5.97 Å². The molecule has 1 aromatic heterocycles. The van der Waals surface area contributed by atoms with Gasteiger partial charge in [0.15, 0.2) is 5.82 Å². The summed E-state index contributed by atoms with van der Waals surface area (Å²) in [5, 5.41) is 3.92. The van der Waals surface area contributed by atoms with Crippen LogP contribution in [0.3, 0.4) is 0 Å².